The van der Waals surface area contributed by atoms with Crippen LogP contribution in [0, 0.1) is 13.8 Å². The van der Waals surface area contributed by atoms with Gasteiger partial charge in [0.2, 0.25) is 19.7 Å². The van der Waals surface area contributed by atoms with Crippen LogP contribution in [0.1, 0.15) is 11.1 Å². The Labute approximate surface area is 531 Å². The fraction of sp³-hybridized carbons (Fsp3) is 0.0556. The Kier molecular flexibility index (Phi) is 15.2. The van der Waals surface area contributed by atoms with Crippen LogP contribution in [0.25, 0.3) is 54.5 Å². The molecular weight excluding hydrogens is 1240 g/mol. The van der Waals surface area contributed by atoms with Crippen LogP contribution in [0.4, 0.5) is 0 Å². The Balaban J connectivity index is 0.000000171. The third-order valence-electron chi connectivity index (χ3n) is 15.8. The standard InChI is InChI=1S/2C36H24N2O8S/c1-21-3-7-23(8-4-21)45-25-11-15-27(16-12-25)47(43,44)28-17-13-26(14-18-28)46-24-9-5-22(6-10-24)38-35(41)31-19-29-30(20-32(31)36(38)42)34(40)37(2)33(29)39;1-21-5-3-7-25(17-21)45-23-9-13-27(14-10-23)47(43,44)28-15-11-24(12-16-28)46-26-8-4-6-22(18-26)38-35(41)31-19-29-30(20-32(31)36(38)42)34(40)37(2)33(29)39/h2*3-20H,1-2H3. The number of benzene rings is 10. The summed E-state index contributed by atoms with van der Waals surface area (Å²) in [7, 11) is -4.96. The van der Waals surface area contributed by atoms with E-state index in [2.05, 4.69) is 0 Å². The van der Waals surface area contributed by atoms with Gasteiger partial charge in [0.25, 0.3) is 44.5 Å². The lowest BCUT2D eigenvalue weighted by Crippen LogP contribution is -2.23. The summed E-state index contributed by atoms with van der Waals surface area (Å²) in [5.74, 6) is 3.66. The maximum Gasteiger partial charge on any atom is 0.266 e. The minimum absolute atomic E-state index is 0.0294. The third kappa shape index (κ3) is 11.1. The van der Waals surface area contributed by atoms with Crippen LogP contribution in [0.3, 0.4) is 0 Å². The van der Waals surface area contributed by atoms with Crippen molar-refractivity contribution in [3.05, 3.63) is 312 Å². The fourth-order valence-corrected chi connectivity index (χ4v) is 13.4. The van der Waals surface area contributed by atoms with Crippen LogP contribution < -0.4 is 63.4 Å². The molecule has 0 fully saturated rings. The van der Waals surface area contributed by atoms with Crippen LogP contribution in [0.15, 0.2) is 276 Å². The molecule has 4 aromatic heterocycles. The van der Waals surface area contributed by atoms with Gasteiger partial charge in [0.15, 0.2) is 0 Å². The van der Waals surface area contributed by atoms with Gasteiger partial charge in [0.05, 0.1) is 74.0 Å². The van der Waals surface area contributed by atoms with Gasteiger partial charge < -0.3 is 18.9 Å². The molecule has 0 aliphatic rings. The fourth-order valence-electron chi connectivity index (χ4n) is 10.9. The van der Waals surface area contributed by atoms with Crippen molar-refractivity contribution in [1.82, 2.24) is 18.3 Å². The molecule has 14 aromatic rings. The van der Waals surface area contributed by atoms with Crippen LogP contribution in [-0.2, 0) is 33.8 Å². The van der Waals surface area contributed by atoms with E-state index in [0.29, 0.717) is 40.2 Å². The van der Waals surface area contributed by atoms with Crippen LogP contribution >= 0.6 is 0 Å². The first-order chi connectivity index (χ1) is 45.0. The van der Waals surface area contributed by atoms with Crippen LogP contribution in [0.5, 0.6) is 46.0 Å². The molecule has 0 N–H and O–H groups in total. The lowest BCUT2D eigenvalue weighted by Gasteiger charge is -2.10. The molecule has 0 aliphatic carbocycles. The molecule has 4 heterocycles. The van der Waals surface area contributed by atoms with Crippen LogP contribution in [-0.4, -0.2) is 35.1 Å². The van der Waals surface area contributed by atoms with Crippen molar-refractivity contribution in [2.75, 3.05) is 0 Å². The van der Waals surface area contributed by atoms with Gasteiger partial charge in [-0.3, -0.25) is 47.5 Å². The Bertz CT molecular complexity index is 5920. The molecule has 20 nitrogen and oxygen atoms in total. The Hall–Kier alpha value is -12.1. The zero-order valence-corrected chi connectivity index (χ0v) is 51.6. The number of fused-ring (bicyclic) bond motifs is 4. The summed E-state index contributed by atoms with van der Waals surface area (Å²) in [6.07, 6.45) is 0. The van der Waals surface area contributed by atoms with Gasteiger partial charge in [-0.2, -0.15) is 0 Å². The molecule has 0 saturated carbocycles. The van der Waals surface area contributed by atoms with Crippen molar-refractivity contribution in [2.45, 2.75) is 33.4 Å². The molecule has 0 atom stereocenters. The molecule has 0 saturated heterocycles. The van der Waals surface area contributed by atoms with Gasteiger partial charge in [0.1, 0.15) is 46.0 Å². The number of ether oxygens (including phenoxy) is 4. The van der Waals surface area contributed by atoms with Gasteiger partial charge in [-0.15, -0.1) is 0 Å². The number of rotatable bonds is 14. The van der Waals surface area contributed by atoms with E-state index >= 15 is 0 Å². The second-order valence-corrected chi connectivity index (χ2v) is 25.9. The molecular formula is C72H48N4O16S2. The normalized spacial score (nSPS) is 11.7. The van der Waals surface area contributed by atoms with E-state index < -0.39 is 64.1 Å². The number of aromatic nitrogens is 4. The maximum absolute atomic E-state index is 13.3. The Morgan fingerprint density at radius 2 is 0.521 bits per heavy atom. The van der Waals surface area contributed by atoms with E-state index in [0.717, 1.165) is 29.4 Å². The highest BCUT2D eigenvalue weighted by atomic mass is 32.2. The highest BCUT2D eigenvalue weighted by Crippen LogP contribution is 2.32. The monoisotopic (exact) mass is 1290 g/mol. The summed E-state index contributed by atoms with van der Waals surface area (Å²) in [6, 6.07) is 56.8. The van der Waals surface area contributed by atoms with Crippen molar-refractivity contribution < 1.29 is 35.8 Å². The molecule has 0 radical (unpaired) electrons. The molecule has 0 amide bonds. The number of aryl methyl sites for hydroxylation is 2. The largest absolute Gasteiger partial charge is 0.457 e. The van der Waals surface area contributed by atoms with Crippen molar-refractivity contribution in [1.29, 1.82) is 0 Å². The van der Waals surface area contributed by atoms with Gasteiger partial charge in [-0.25, -0.2) is 26.0 Å². The van der Waals surface area contributed by atoms with Gasteiger partial charge in [-0.1, -0.05) is 35.9 Å². The number of hydrogen-bond acceptors (Lipinski definition) is 16. The van der Waals surface area contributed by atoms with E-state index in [1.165, 1.54) is 129 Å². The number of sulfone groups is 2. The lowest BCUT2D eigenvalue weighted by atomic mass is 10.1. The van der Waals surface area contributed by atoms with E-state index in [4.69, 9.17) is 18.9 Å². The number of hydrogen-bond donors (Lipinski definition) is 0. The highest BCUT2D eigenvalue weighted by Gasteiger charge is 2.24. The molecule has 10 aromatic carbocycles. The number of nitrogens with zero attached hydrogens (tertiary/aromatic N) is 4. The van der Waals surface area contributed by atoms with E-state index in [1.807, 2.05) is 62.4 Å². The summed E-state index contributed by atoms with van der Waals surface area (Å²) in [4.78, 5) is 103. The Morgan fingerprint density at radius 3 is 0.851 bits per heavy atom. The average Bonchev–Trinajstić information content (AvgIpc) is 1.59. The summed E-state index contributed by atoms with van der Waals surface area (Å²) in [6.45, 7) is 3.93. The first-order valence-electron chi connectivity index (χ1n) is 28.8. The minimum Gasteiger partial charge on any atom is -0.457 e. The van der Waals surface area contributed by atoms with Crippen molar-refractivity contribution in [3.8, 4) is 57.4 Å². The second-order valence-electron chi connectivity index (χ2n) is 22.0. The highest BCUT2D eigenvalue weighted by molar-refractivity contribution is 7.91. The molecule has 0 bridgehead atoms. The van der Waals surface area contributed by atoms with Gasteiger partial charge in [-0.05, 0) is 201 Å². The molecule has 94 heavy (non-hydrogen) atoms. The first-order valence-corrected chi connectivity index (χ1v) is 31.7. The molecule has 464 valence electrons. The quantitative estimate of drug-likeness (QED) is 0.0980. The topological polar surface area (TPSA) is 261 Å². The van der Waals surface area contributed by atoms with Gasteiger partial charge >= 0.3 is 0 Å². The molecule has 22 heteroatoms. The van der Waals surface area contributed by atoms with E-state index in [9.17, 15) is 55.2 Å². The average molecular weight is 1290 g/mol. The molecule has 14 rings (SSSR count). The van der Waals surface area contributed by atoms with E-state index in [-0.39, 0.29) is 79.8 Å². The summed E-state index contributed by atoms with van der Waals surface area (Å²) >= 11 is 0. The lowest BCUT2D eigenvalue weighted by molar-refractivity contribution is 0.481. The predicted octanol–water partition coefficient (Wildman–Crippen LogP) is 10.3. The molecule has 0 spiro atoms. The summed E-state index contributed by atoms with van der Waals surface area (Å²) < 4.78 is 80.3. The first kappa shape index (κ1) is 60.8. The maximum atomic E-state index is 13.3. The summed E-state index contributed by atoms with van der Waals surface area (Å²) in [5.41, 5.74) is -1.99. The smallest absolute Gasteiger partial charge is 0.266 e. The predicted molar refractivity (Wildman–Crippen MR) is 354 cm³/mol. The zero-order chi connectivity index (χ0) is 66.1. The second kappa shape index (κ2) is 23.6. The zero-order valence-electron chi connectivity index (χ0n) is 49.9. The van der Waals surface area contributed by atoms with Crippen LogP contribution in [0.2, 0.25) is 0 Å². The van der Waals surface area contributed by atoms with Crippen molar-refractivity contribution in [3.63, 3.8) is 0 Å². The Morgan fingerprint density at radius 1 is 0.255 bits per heavy atom. The third-order valence-corrected chi connectivity index (χ3v) is 19.4. The minimum atomic E-state index is -3.83. The molecule has 0 aliphatic heterocycles. The van der Waals surface area contributed by atoms with Gasteiger partial charge in [0, 0.05) is 20.2 Å². The SMILES string of the molecule is Cc1ccc(Oc2ccc(S(=O)(=O)c3ccc(Oc4ccc(-n5c(=O)c6cc7c(=O)n(C)c(=O)c7cc6c5=O)cc4)cc3)cc2)cc1.Cc1cccc(Oc2ccc(S(=O)(=O)c3ccc(Oc4cccc(-n5c(=O)c6cc7c(=O)n(C)c(=O)c7cc6c5=O)c4)cc3)cc2)c1. The van der Waals surface area contributed by atoms with Crippen molar-refractivity contribution >= 4 is 62.8 Å². The van der Waals surface area contributed by atoms with E-state index in [1.54, 1.807) is 54.6 Å². The summed E-state index contributed by atoms with van der Waals surface area (Å²) in [5, 5.41) is 0.478. The van der Waals surface area contributed by atoms with Crippen molar-refractivity contribution in [2.24, 2.45) is 14.1 Å². The molecule has 0 unspecified atom stereocenters.